The Bertz CT molecular complexity index is 344. The van der Waals surface area contributed by atoms with Crippen molar-refractivity contribution in [3.8, 4) is 5.75 Å². The Hall–Kier alpha value is -0.970. The predicted molar refractivity (Wildman–Crippen MR) is 59.2 cm³/mol. The molecule has 0 aliphatic rings. The Morgan fingerprint density at radius 1 is 1.53 bits per heavy atom. The van der Waals surface area contributed by atoms with E-state index in [2.05, 4.69) is 0 Å². The maximum absolute atomic E-state index is 9.08. The molecule has 0 saturated heterocycles. The van der Waals surface area contributed by atoms with E-state index >= 15 is 0 Å². The molecule has 15 heavy (non-hydrogen) atoms. The lowest BCUT2D eigenvalue weighted by Crippen LogP contribution is -2.21. The second kappa shape index (κ2) is 5.21. The SMILES string of the molecule is Cc1cc(Cl)c(OCC(O)CO)cc1N. The molecule has 0 fully saturated rings. The number of hydrogen-bond donors (Lipinski definition) is 3. The molecule has 1 aromatic carbocycles. The van der Waals surface area contributed by atoms with Crippen molar-refractivity contribution < 1.29 is 14.9 Å². The fraction of sp³-hybridized carbons (Fsp3) is 0.400. The first kappa shape index (κ1) is 12.1. The van der Waals surface area contributed by atoms with Gasteiger partial charge in [0.05, 0.1) is 11.6 Å². The number of aliphatic hydroxyl groups is 2. The van der Waals surface area contributed by atoms with Crippen LogP contribution in [0, 0.1) is 6.92 Å². The number of aliphatic hydroxyl groups excluding tert-OH is 2. The van der Waals surface area contributed by atoms with Gasteiger partial charge in [-0.2, -0.15) is 0 Å². The van der Waals surface area contributed by atoms with Crippen molar-refractivity contribution in [2.75, 3.05) is 18.9 Å². The second-order valence-electron chi connectivity index (χ2n) is 3.29. The Balaban J connectivity index is 2.73. The quantitative estimate of drug-likeness (QED) is 0.675. The summed E-state index contributed by atoms with van der Waals surface area (Å²) in [5.74, 6) is 0.410. The Labute approximate surface area is 93.2 Å². The van der Waals surface area contributed by atoms with Crippen LogP contribution in [0.25, 0.3) is 0 Å². The largest absolute Gasteiger partial charge is 0.489 e. The topological polar surface area (TPSA) is 75.7 Å². The summed E-state index contributed by atoms with van der Waals surface area (Å²) in [5.41, 5.74) is 7.13. The average molecular weight is 232 g/mol. The summed E-state index contributed by atoms with van der Waals surface area (Å²) in [7, 11) is 0. The molecule has 5 heteroatoms. The highest BCUT2D eigenvalue weighted by molar-refractivity contribution is 6.32. The van der Waals surface area contributed by atoms with Crippen LogP contribution in [-0.2, 0) is 0 Å². The molecule has 1 rings (SSSR count). The highest BCUT2D eigenvalue weighted by Crippen LogP contribution is 2.29. The number of halogens is 1. The van der Waals surface area contributed by atoms with E-state index in [9.17, 15) is 0 Å². The zero-order chi connectivity index (χ0) is 11.4. The molecule has 0 heterocycles. The van der Waals surface area contributed by atoms with Crippen LogP contribution in [0.5, 0.6) is 5.75 Å². The lowest BCUT2D eigenvalue weighted by Gasteiger charge is -2.12. The zero-order valence-electron chi connectivity index (χ0n) is 8.40. The van der Waals surface area contributed by atoms with Crippen LogP contribution in [0.2, 0.25) is 5.02 Å². The first-order valence-electron chi connectivity index (χ1n) is 4.52. The third kappa shape index (κ3) is 3.27. The number of hydrogen-bond acceptors (Lipinski definition) is 4. The van der Waals surface area contributed by atoms with Crippen LogP contribution in [0.4, 0.5) is 5.69 Å². The summed E-state index contributed by atoms with van der Waals surface area (Å²) in [5, 5.41) is 18.1. The van der Waals surface area contributed by atoms with E-state index in [1.54, 1.807) is 12.1 Å². The average Bonchev–Trinajstić information content (AvgIpc) is 2.21. The summed E-state index contributed by atoms with van der Waals surface area (Å²) in [6.07, 6.45) is -0.913. The molecule has 0 radical (unpaired) electrons. The van der Waals surface area contributed by atoms with E-state index in [-0.39, 0.29) is 13.2 Å². The highest BCUT2D eigenvalue weighted by Gasteiger charge is 2.08. The second-order valence-corrected chi connectivity index (χ2v) is 3.69. The maximum Gasteiger partial charge on any atom is 0.140 e. The lowest BCUT2D eigenvalue weighted by molar-refractivity contribution is 0.0536. The van der Waals surface area contributed by atoms with Gasteiger partial charge in [0.15, 0.2) is 0 Å². The molecule has 1 atom stereocenters. The minimum absolute atomic E-state index is 0.0152. The van der Waals surface area contributed by atoms with Gasteiger partial charge in [0.2, 0.25) is 0 Å². The van der Waals surface area contributed by atoms with Gasteiger partial charge in [0.25, 0.3) is 0 Å². The summed E-state index contributed by atoms with van der Waals surface area (Å²) < 4.78 is 5.20. The lowest BCUT2D eigenvalue weighted by atomic mass is 10.2. The number of ether oxygens (including phenoxy) is 1. The smallest absolute Gasteiger partial charge is 0.140 e. The van der Waals surface area contributed by atoms with Crippen molar-refractivity contribution in [1.82, 2.24) is 0 Å². The van der Waals surface area contributed by atoms with Gasteiger partial charge in [-0.05, 0) is 18.6 Å². The van der Waals surface area contributed by atoms with E-state index in [1.165, 1.54) is 0 Å². The van der Waals surface area contributed by atoms with Crippen LogP contribution >= 0.6 is 11.6 Å². The van der Waals surface area contributed by atoms with Crippen LogP contribution in [-0.4, -0.2) is 29.5 Å². The fourth-order valence-electron chi connectivity index (χ4n) is 1.02. The van der Waals surface area contributed by atoms with Gasteiger partial charge in [-0.1, -0.05) is 11.6 Å². The summed E-state index contributed by atoms with van der Waals surface area (Å²) in [4.78, 5) is 0. The minimum Gasteiger partial charge on any atom is -0.489 e. The van der Waals surface area contributed by atoms with Gasteiger partial charge in [-0.3, -0.25) is 0 Å². The number of benzene rings is 1. The molecular weight excluding hydrogens is 218 g/mol. The van der Waals surface area contributed by atoms with Crippen LogP contribution in [0.15, 0.2) is 12.1 Å². The Kier molecular flexibility index (Phi) is 4.20. The van der Waals surface area contributed by atoms with Crippen LogP contribution in [0.3, 0.4) is 0 Å². The monoisotopic (exact) mass is 231 g/mol. The number of rotatable bonds is 4. The van der Waals surface area contributed by atoms with Crippen LogP contribution in [0.1, 0.15) is 5.56 Å². The molecule has 1 aromatic rings. The van der Waals surface area contributed by atoms with Crippen molar-refractivity contribution in [3.63, 3.8) is 0 Å². The molecule has 0 bridgehead atoms. The number of nitrogens with two attached hydrogens (primary N) is 1. The molecule has 0 amide bonds. The standard InChI is InChI=1S/C10H14ClNO3/c1-6-2-8(11)10(3-9(6)12)15-5-7(14)4-13/h2-3,7,13-14H,4-5,12H2,1H3. The van der Waals surface area contributed by atoms with Crippen molar-refractivity contribution in [2.45, 2.75) is 13.0 Å². The maximum atomic E-state index is 9.08. The number of aryl methyl sites for hydroxylation is 1. The summed E-state index contributed by atoms with van der Waals surface area (Å²) >= 11 is 5.90. The molecule has 0 spiro atoms. The van der Waals surface area contributed by atoms with Gasteiger partial charge in [0.1, 0.15) is 18.5 Å². The minimum atomic E-state index is -0.913. The fourth-order valence-corrected chi connectivity index (χ4v) is 1.29. The molecular formula is C10H14ClNO3. The Morgan fingerprint density at radius 3 is 2.80 bits per heavy atom. The summed E-state index contributed by atoms with van der Waals surface area (Å²) in [6, 6.07) is 3.29. The highest BCUT2D eigenvalue weighted by atomic mass is 35.5. The van der Waals surface area contributed by atoms with Gasteiger partial charge in [-0.15, -0.1) is 0 Å². The van der Waals surface area contributed by atoms with Gasteiger partial charge >= 0.3 is 0 Å². The third-order valence-corrected chi connectivity index (χ3v) is 2.26. The molecule has 1 unspecified atom stereocenters. The zero-order valence-corrected chi connectivity index (χ0v) is 9.16. The summed E-state index contributed by atoms with van der Waals surface area (Å²) in [6.45, 7) is 1.48. The van der Waals surface area contributed by atoms with Gasteiger partial charge < -0.3 is 20.7 Å². The molecule has 84 valence electrons. The van der Waals surface area contributed by atoms with E-state index in [0.29, 0.717) is 16.5 Å². The number of nitrogen functional groups attached to an aromatic ring is 1. The third-order valence-electron chi connectivity index (χ3n) is 1.96. The van der Waals surface area contributed by atoms with E-state index < -0.39 is 6.10 Å². The molecule has 4 N–H and O–H groups in total. The molecule has 0 aliphatic heterocycles. The van der Waals surface area contributed by atoms with Gasteiger partial charge in [-0.25, -0.2) is 0 Å². The van der Waals surface area contributed by atoms with Gasteiger partial charge in [0, 0.05) is 11.8 Å². The van der Waals surface area contributed by atoms with Crippen molar-refractivity contribution in [3.05, 3.63) is 22.7 Å². The Morgan fingerprint density at radius 2 is 2.20 bits per heavy atom. The first-order valence-corrected chi connectivity index (χ1v) is 4.89. The van der Waals surface area contributed by atoms with E-state index in [1.807, 2.05) is 6.92 Å². The van der Waals surface area contributed by atoms with E-state index in [0.717, 1.165) is 5.56 Å². The van der Waals surface area contributed by atoms with Crippen molar-refractivity contribution in [2.24, 2.45) is 0 Å². The van der Waals surface area contributed by atoms with E-state index in [4.69, 9.17) is 32.3 Å². The molecule has 0 aromatic heterocycles. The molecule has 4 nitrogen and oxygen atoms in total. The normalized spacial score (nSPS) is 12.5. The van der Waals surface area contributed by atoms with Crippen molar-refractivity contribution in [1.29, 1.82) is 0 Å². The van der Waals surface area contributed by atoms with Crippen LogP contribution < -0.4 is 10.5 Å². The first-order chi connectivity index (χ1) is 7.04. The molecule has 0 saturated carbocycles. The molecule has 0 aliphatic carbocycles. The predicted octanol–water partition coefficient (Wildman–Crippen LogP) is 0.963. The number of anilines is 1. The van der Waals surface area contributed by atoms with Crippen molar-refractivity contribution >= 4 is 17.3 Å².